The van der Waals surface area contributed by atoms with Gasteiger partial charge in [0.2, 0.25) is 6.17 Å². The second kappa shape index (κ2) is 18.4. The van der Waals surface area contributed by atoms with Crippen LogP contribution in [0.5, 0.6) is 0 Å². The number of rotatable bonds is 10. The van der Waals surface area contributed by atoms with E-state index in [1.807, 2.05) is 0 Å². The summed E-state index contributed by atoms with van der Waals surface area (Å²) in [4.78, 5) is 82.1. The summed E-state index contributed by atoms with van der Waals surface area (Å²) in [7, 11) is 0. The van der Waals surface area contributed by atoms with Gasteiger partial charge in [0, 0.05) is 53.4 Å². The molecule has 4 N–H and O–H groups in total. The van der Waals surface area contributed by atoms with Crippen molar-refractivity contribution in [2.75, 3.05) is 21.3 Å². The van der Waals surface area contributed by atoms with Gasteiger partial charge in [-0.15, -0.1) is 0 Å². The van der Waals surface area contributed by atoms with Gasteiger partial charge in [-0.2, -0.15) is 26.3 Å². The molecule has 6 amide bonds. The minimum absolute atomic E-state index is 0.0595. The van der Waals surface area contributed by atoms with Crippen LogP contribution in [0.1, 0.15) is 56.3 Å². The van der Waals surface area contributed by atoms with Crippen LogP contribution < -0.4 is 21.3 Å². The predicted octanol–water partition coefficient (Wildman–Crippen LogP) is 10.8. The number of nitrogens with zero attached hydrogens (tertiary/aromatic N) is 2. The van der Waals surface area contributed by atoms with Crippen molar-refractivity contribution in [3.8, 4) is 22.3 Å². The molecule has 13 nitrogen and oxygen atoms in total. The van der Waals surface area contributed by atoms with E-state index in [-0.39, 0.29) is 42.0 Å². The summed E-state index contributed by atoms with van der Waals surface area (Å²) in [5, 5.41) is 9.86. The van der Waals surface area contributed by atoms with E-state index in [9.17, 15) is 55.1 Å². The monoisotopic (exact) mass is 934 g/mol. The number of benzene rings is 6. The quantitative estimate of drug-likeness (QED) is 0.0603. The Kier molecular flexibility index (Phi) is 12.5. The molecule has 6 aromatic carbocycles. The Balaban J connectivity index is 0.951. The van der Waals surface area contributed by atoms with Crippen LogP contribution in [0.2, 0.25) is 0 Å². The lowest BCUT2D eigenvalue weighted by Crippen LogP contribution is -2.54. The molecular weight excluding hydrogens is 899 g/mol. The molecule has 0 bridgehead atoms. The molecule has 6 aromatic rings. The van der Waals surface area contributed by atoms with Crippen molar-refractivity contribution in [1.29, 1.82) is 0 Å². The molecule has 346 valence electrons. The Morgan fingerprint density at radius 2 is 0.912 bits per heavy atom. The number of carbonyl (C=O) groups is 6. The molecule has 2 heterocycles. The average molecular weight is 935 g/mol. The molecular formula is C49H36F6N6O7. The zero-order valence-corrected chi connectivity index (χ0v) is 35.4. The number of alkyl halides is 6. The van der Waals surface area contributed by atoms with Crippen LogP contribution in [0.15, 0.2) is 133 Å². The lowest BCUT2D eigenvalue weighted by Gasteiger charge is -2.32. The van der Waals surface area contributed by atoms with E-state index in [1.54, 1.807) is 84.9 Å². The number of esters is 2. The number of amides is 6. The van der Waals surface area contributed by atoms with Crippen molar-refractivity contribution >= 4 is 58.6 Å². The molecule has 2 aliphatic heterocycles. The fourth-order valence-electron chi connectivity index (χ4n) is 7.69. The molecule has 0 unspecified atom stereocenters. The molecule has 0 aromatic heterocycles. The van der Waals surface area contributed by atoms with Gasteiger partial charge in [-0.3, -0.25) is 14.4 Å². The number of halogens is 6. The highest BCUT2D eigenvalue weighted by molar-refractivity contribution is 6.06. The van der Waals surface area contributed by atoms with Crippen LogP contribution in [-0.2, 0) is 39.8 Å². The Morgan fingerprint density at radius 1 is 0.529 bits per heavy atom. The van der Waals surface area contributed by atoms with Crippen LogP contribution in [0.4, 0.5) is 58.7 Å². The van der Waals surface area contributed by atoms with Crippen molar-refractivity contribution in [2.45, 2.75) is 45.0 Å². The molecule has 68 heavy (non-hydrogen) atoms. The maximum absolute atomic E-state index is 14.2. The van der Waals surface area contributed by atoms with Crippen LogP contribution in [0.25, 0.3) is 22.3 Å². The van der Waals surface area contributed by atoms with Gasteiger partial charge < -0.3 is 35.8 Å². The summed E-state index contributed by atoms with van der Waals surface area (Å²) < 4.78 is 83.8. The SMILES string of the molecule is CCC(=O)OC(=O)C(N1Cc2ccc(-c3ccc(NC(=O)Nc4cccc(C(F)(F)F)c4)cc3)cc2C1=O)N1Cc2ccc(-c3ccc(NC(=O)Nc4cccc(C(F)(F)F)c4)cc3)cc2C1=O. The number of carbonyl (C=O) groups excluding carboxylic acids is 6. The maximum Gasteiger partial charge on any atom is 0.416 e. The van der Waals surface area contributed by atoms with Gasteiger partial charge in [-0.1, -0.05) is 67.6 Å². The third kappa shape index (κ3) is 10.0. The smallest absolute Gasteiger partial charge is 0.390 e. The van der Waals surface area contributed by atoms with Crippen molar-refractivity contribution in [3.05, 3.63) is 167 Å². The largest absolute Gasteiger partial charge is 0.416 e. The lowest BCUT2D eigenvalue weighted by molar-refractivity contribution is -0.166. The molecule has 0 saturated heterocycles. The highest BCUT2D eigenvalue weighted by Gasteiger charge is 2.46. The van der Waals surface area contributed by atoms with Crippen molar-refractivity contribution in [1.82, 2.24) is 9.80 Å². The van der Waals surface area contributed by atoms with Crippen LogP contribution in [0, 0.1) is 0 Å². The normalized spacial score (nSPS) is 13.2. The van der Waals surface area contributed by atoms with E-state index >= 15 is 0 Å². The summed E-state index contributed by atoms with van der Waals surface area (Å²) in [6, 6.07) is 29.7. The van der Waals surface area contributed by atoms with Gasteiger partial charge in [-0.25, -0.2) is 14.4 Å². The lowest BCUT2D eigenvalue weighted by atomic mass is 10.0. The fourth-order valence-corrected chi connectivity index (χ4v) is 7.69. The van der Waals surface area contributed by atoms with Crippen molar-refractivity contribution in [2.24, 2.45) is 0 Å². The molecule has 0 aliphatic carbocycles. The van der Waals surface area contributed by atoms with Gasteiger partial charge in [-0.05, 0) is 106 Å². The Bertz CT molecular complexity index is 2810. The molecule has 0 spiro atoms. The van der Waals surface area contributed by atoms with E-state index < -0.39 is 65.5 Å². The first-order chi connectivity index (χ1) is 32.3. The number of urea groups is 2. The first-order valence-electron chi connectivity index (χ1n) is 20.7. The summed E-state index contributed by atoms with van der Waals surface area (Å²) in [6.07, 6.45) is -11.0. The number of fused-ring (bicyclic) bond motifs is 2. The standard InChI is InChI=1S/C49H36F6N6O7/c1-2-41(62)68-45(65)42(60-25-31-11-9-29(21-39(31)43(60)63)27-13-17-35(18-14-27)56-46(66)58-37-7-3-5-33(23-37)48(50,51)52)61-26-32-12-10-30(22-40(32)44(61)64)28-15-19-36(20-16-28)57-47(67)59-38-8-4-6-34(24-38)49(53,54)55/h3-24,42H,2,25-26H2,1H3,(H2,56,58,66)(H2,57,59,67). The molecule has 0 radical (unpaired) electrons. The number of nitrogens with one attached hydrogen (secondary N) is 4. The summed E-state index contributed by atoms with van der Waals surface area (Å²) in [6.45, 7) is 1.27. The van der Waals surface area contributed by atoms with Crippen molar-refractivity contribution < 1.29 is 59.8 Å². The zero-order valence-electron chi connectivity index (χ0n) is 35.4. The molecule has 0 fully saturated rings. The Morgan fingerprint density at radius 3 is 1.29 bits per heavy atom. The molecule has 8 rings (SSSR count). The fraction of sp³-hybridized carbons (Fsp3) is 0.143. The predicted molar refractivity (Wildman–Crippen MR) is 237 cm³/mol. The summed E-state index contributed by atoms with van der Waals surface area (Å²) in [5.41, 5.74) is 2.60. The molecule has 0 saturated carbocycles. The van der Waals surface area contributed by atoms with Crippen LogP contribution in [-0.4, -0.2) is 51.8 Å². The number of hydrogen-bond acceptors (Lipinski definition) is 7. The molecule has 0 atom stereocenters. The second-order valence-electron chi connectivity index (χ2n) is 15.6. The Hall–Kier alpha value is -8.48. The number of ether oxygens (including phenoxy) is 1. The molecule has 2 aliphatic rings. The van der Waals surface area contributed by atoms with E-state index in [0.717, 1.165) is 34.1 Å². The highest BCUT2D eigenvalue weighted by Crippen LogP contribution is 2.37. The highest BCUT2D eigenvalue weighted by atomic mass is 19.4. The van der Waals surface area contributed by atoms with Crippen LogP contribution in [0.3, 0.4) is 0 Å². The number of anilines is 4. The van der Waals surface area contributed by atoms with Gasteiger partial charge in [0.15, 0.2) is 0 Å². The van der Waals surface area contributed by atoms with E-state index in [4.69, 9.17) is 4.74 Å². The summed E-state index contributed by atoms with van der Waals surface area (Å²) in [5.74, 6) is -3.21. The van der Waals surface area contributed by atoms with Crippen molar-refractivity contribution in [3.63, 3.8) is 0 Å². The third-order valence-electron chi connectivity index (χ3n) is 11.0. The third-order valence-corrected chi connectivity index (χ3v) is 11.0. The van der Waals surface area contributed by atoms with Gasteiger partial charge in [0.25, 0.3) is 11.8 Å². The van der Waals surface area contributed by atoms with E-state index in [1.165, 1.54) is 31.2 Å². The zero-order chi connectivity index (χ0) is 48.5. The van der Waals surface area contributed by atoms with Gasteiger partial charge in [0.1, 0.15) is 0 Å². The number of hydrogen-bond donors (Lipinski definition) is 4. The van der Waals surface area contributed by atoms with Gasteiger partial charge in [0.05, 0.1) is 11.1 Å². The van der Waals surface area contributed by atoms with E-state index in [2.05, 4.69) is 21.3 Å². The minimum Gasteiger partial charge on any atom is -0.390 e. The van der Waals surface area contributed by atoms with E-state index in [0.29, 0.717) is 44.8 Å². The maximum atomic E-state index is 14.2. The first-order valence-corrected chi connectivity index (χ1v) is 20.7. The Labute approximate surface area is 382 Å². The minimum atomic E-state index is -4.59. The van der Waals surface area contributed by atoms with Gasteiger partial charge >= 0.3 is 36.4 Å². The molecule has 19 heteroatoms. The van der Waals surface area contributed by atoms with Crippen LogP contribution >= 0.6 is 0 Å². The second-order valence-corrected chi connectivity index (χ2v) is 15.6. The topological polar surface area (TPSA) is 166 Å². The first kappa shape index (κ1) is 46.1. The summed E-state index contributed by atoms with van der Waals surface area (Å²) >= 11 is 0. The average Bonchev–Trinajstić information content (AvgIpc) is 3.80.